The fourth-order valence-corrected chi connectivity index (χ4v) is 3.75. The van der Waals surface area contributed by atoms with E-state index in [9.17, 15) is 14.4 Å². The monoisotopic (exact) mass is 431 g/mol. The maximum Gasteiger partial charge on any atom is 0.331 e. The molecule has 0 unspecified atom stereocenters. The Morgan fingerprint density at radius 1 is 0.938 bits per heavy atom. The van der Waals surface area contributed by atoms with Gasteiger partial charge in [-0.1, -0.05) is 43.3 Å². The lowest BCUT2D eigenvalue weighted by Gasteiger charge is -2.14. The summed E-state index contributed by atoms with van der Waals surface area (Å²) in [4.78, 5) is 38.3. The quantitative estimate of drug-likeness (QED) is 0.487. The number of aromatic nitrogens is 4. The third kappa shape index (κ3) is 4.12. The van der Waals surface area contributed by atoms with E-state index in [0.717, 1.165) is 16.6 Å². The number of para-hydroxylation sites is 1. The third-order valence-corrected chi connectivity index (χ3v) is 5.50. The molecule has 0 fully saturated rings. The normalized spacial score (nSPS) is 11.1. The molecule has 0 bridgehead atoms. The van der Waals surface area contributed by atoms with E-state index in [-0.39, 0.29) is 24.6 Å². The number of amides is 1. The second kappa shape index (κ2) is 9.05. The van der Waals surface area contributed by atoms with Crippen LogP contribution in [0.25, 0.3) is 10.9 Å². The molecule has 0 radical (unpaired) electrons. The fourth-order valence-electron chi connectivity index (χ4n) is 3.75. The number of carbonyl (C=O) groups excluding carboxylic acids is 1. The smallest absolute Gasteiger partial charge is 0.309 e. The number of fused-ring (bicyclic) bond motifs is 1. The highest BCUT2D eigenvalue weighted by Gasteiger charge is 2.15. The van der Waals surface area contributed by atoms with Crippen molar-refractivity contribution in [3.05, 3.63) is 92.8 Å². The summed E-state index contributed by atoms with van der Waals surface area (Å²) in [6, 6.07) is 16.8. The summed E-state index contributed by atoms with van der Waals surface area (Å²) < 4.78 is 4.17. The van der Waals surface area contributed by atoms with Crippen LogP contribution in [0.5, 0.6) is 0 Å². The van der Waals surface area contributed by atoms with Crippen LogP contribution in [-0.2, 0) is 30.8 Å². The van der Waals surface area contributed by atoms with E-state index in [1.165, 1.54) is 10.1 Å². The predicted octanol–water partition coefficient (Wildman–Crippen LogP) is 2.63. The molecular weight excluding hydrogens is 406 g/mol. The van der Waals surface area contributed by atoms with E-state index >= 15 is 0 Å². The van der Waals surface area contributed by atoms with Gasteiger partial charge < -0.3 is 5.32 Å². The highest BCUT2D eigenvalue weighted by molar-refractivity contribution is 5.90. The average Bonchev–Trinajstić information content (AvgIpc) is 3.23. The highest BCUT2D eigenvalue weighted by Crippen LogP contribution is 2.13. The van der Waals surface area contributed by atoms with E-state index in [0.29, 0.717) is 23.3 Å². The molecule has 0 aliphatic rings. The Morgan fingerprint density at radius 3 is 2.38 bits per heavy atom. The van der Waals surface area contributed by atoms with Crippen molar-refractivity contribution in [2.45, 2.75) is 39.9 Å². The first kappa shape index (κ1) is 21.3. The molecule has 8 nitrogen and oxygen atoms in total. The van der Waals surface area contributed by atoms with Crippen molar-refractivity contribution >= 4 is 22.6 Å². The maximum atomic E-state index is 12.9. The Balaban J connectivity index is 1.58. The van der Waals surface area contributed by atoms with Gasteiger partial charge in [0.1, 0.15) is 12.4 Å². The third-order valence-electron chi connectivity index (χ3n) is 5.50. The summed E-state index contributed by atoms with van der Waals surface area (Å²) in [6.07, 6.45) is 2.59. The maximum absolute atomic E-state index is 12.9. The van der Waals surface area contributed by atoms with E-state index in [1.54, 1.807) is 48.1 Å². The standard InChI is InChI=1S/C24H25N5O3/c1-3-17-9-11-18(12-10-17)15-29-21(13-14-25-29)26-22(30)16-28-20-8-6-5-7-19(20)23(31)27(4-2)24(28)32/h5-14H,3-4,15-16H2,1-2H3,(H,26,30). The molecule has 1 N–H and O–H groups in total. The Kier molecular flexibility index (Phi) is 6.02. The molecular formula is C24H25N5O3. The second-order valence-corrected chi connectivity index (χ2v) is 7.53. The Labute approximate surface area is 184 Å². The van der Waals surface area contributed by atoms with Crippen LogP contribution in [0.3, 0.4) is 0 Å². The minimum absolute atomic E-state index is 0.212. The Morgan fingerprint density at radius 2 is 1.66 bits per heavy atom. The van der Waals surface area contributed by atoms with Gasteiger partial charge in [0.2, 0.25) is 5.91 Å². The minimum Gasteiger partial charge on any atom is -0.309 e. The molecule has 0 saturated carbocycles. The SMILES string of the molecule is CCc1ccc(Cn2nccc2NC(=O)Cn2c(=O)n(CC)c(=O)c3ccccc32)cc1. The Hall–Kier alpha value is -3.94. The zero-order valence-corrected chi connectivity index (χ0v) is 18.1. The van der Waals surface area contributed by atoms with E-state index in [2.05, 4.69) is 29.5 Å². The summed E-state index contributed by atoms with van der Waals surface area (Å²) in [7, 11) is 0. The lowest BCUT2D eigenvalue weighted by Crippen LogP contribution is -2.41. The van der Waals surface area contributed by atoms with E-state index in [1.807, 2.05) is 12.1 Å². The van der Waals surface area contributed by atoms with Gasteiger partial charge in [0.15, 0.2) is 0 Å². The highest BCUT2D eigenvalue weighted by atomic mass is 16.2. The lowest BCUT2D eigenvalue weighted by atomic mass is 10.1. The summed E-state index contributed by atoms with van der Waals surface area (Å²) in [5.41, 5.74) is 1.91. The first-order valence-corrected chi connectivity index (χ1v) is 10.6. The van der Waals surface area contributed by atoms with Gasteiger partial charge in [0, 0.05) is 12.6 Å². The van der Waals surface area contributed by atoms with Gasteiger partial charge in [-0.2, -0.15) is 5.10 Å². The van der Waals surface area contributed by atoms with Crippen molar-refractivity contribution in [1.29, 1.82) is 0 Å². The molecule has 2 aromatic carbocycles. The Bertz CT molecular complexity index is 1380. The van der Waals surface area contributed by atoms with Gasteiger partial charge in [-0.3, -0.25) is 18.7 Å². The zero-order valence-electron chi connectivity index (χ0n) is 18.1. The molecule has 0 aliphatic heterocycles. The van der Waals surface area contributed by atoms with Crippen LogP contribution in [-0.4, -0.2) is 24.8 Å². The number of nitrogens with one attached hydrogen (secondary N) is 1. The first-order valence-electron chi connectivity index (χ1n) is 10.6. The summed E-state index contributed by atoms with van der Waals surface area (Å²) in [5, 5.41) is 7.55. The van der Waals surface area contributed by atoms with Crippen LogP contribution in [0.2, 0.25) is 0 Å². The number of hydrogen-bond acceptors (Lipinski definition) is 4. The number of rotatable bonds is 7. The van der Waals surface area contributed by atoms with Crippen molar-refractivity contribution in [2.24, 2.45) is 0 Å². The molecule has 32 heavy (non-hydrogen) atoms. The summed E-state index contributed by atoms with van der Waals surface area (Å²) in [5.74, 6) is 0.164. The molecule has 0 saturated heterocycles. The van der Waals surface area contributed by atoms with Crippen LogP contribution in [0.4, 0.5) is 5.82 Å². The van der Waals surface area contributed by atoms with Gasteiger partial charge in [0.05, 0.1) is 23.6 Å². The molecule has 0 spiro atoms. The second-order valence-electron chi connectivity index (χ2n) is 7.53. The molecule has 1 amide bonds. The number of nitrogens with zero attached hydrogens (tertiary/aromatic N) is 4. The lowest BCUT2D eigenvalue weighted by molar-refractivity contribution is -0.116. The fraction of sp³-hybridized carbons (Fsp3) is 0.250. The van der Waals surface area contributed by atoms with Gasteiger partial charge in [0.25, 0.3) is 5.56 Å². The van der Waals surface area contributed by atoms with Crippen LogP contribution in [0.1, 0.15) is 25.0 Å². The summed E-state index contributed by atoms with van der Waals surface area (Å²) in [6.45, 7) is 4.37. The van der Waals surface area contributed by atoms with Crippen molar-refractivity contribution < 1.29 is 4.79 Å². The van der Waals surface area contributed by atoms with Crippen LogP contribution >= 0.6 is 0 Å². The molecule has 2 aromatic heterocycles. The van der Waals surface area contributed by atoms with Crippen molar-refractivity contribution in [2.75, 3.05) is 5.32 Å². The molecule has 0 atom stereocenters. The van der Waals surface area contributed by atoms with Gasteiger partial charge >= 0.3 is 5.69 Å². The predicted molar refractivity (Wildman–Crippen MR) is 124 cm³/mol. The van der Waals surface area contributed by atoms with Gasteiger partial charge in [-0.25, -0.2) is 9.48 Å². The van der Waals surface area contributed by atoms with Crippen molar-refractivity contribution in [3.8, 4) is 0 Å². The zero-order chi connectivity index (χ0) is 22.7. The number of anilines is 1. The van der Waals surface area contributed by atoms with E-state index < -0.39 is 5.69 Å². The van der Waals surface area contributed by atoms with Crippen LogP contribution < -0.4 is 16.6 Å². The molecule has 4 aromatic rings. The molecule has 4 rings (SSSR count). The van der Waals surface area contributed by atoms with Crippen LogP contribution in [0, 0.1) is 0 Å². The van der Waals surface area contributed by atoms with Crippen LogP contribution in [0.15, 0.2) is 70.4 Å². The summed E-state index contributed by atoms with van der Waals surface area (Å²) >= 11 is 0. The average molecular weight is 431 g/mol. The number of benzene rings is 2. The number of aryl methyl sites for hydroxylation is 1. The number of hydrogen-bond donors (Lipinski definition) is 1. The topological polar surface area (TPSA) is 90.9 Å². The molecule has 8 heteroatoms. The van der Waals surface area contributed by atoms with Gasteiger partial charge in [-0.05, 0) is 36.6 Å². The largest absolute Gasteiger partial charge is 0.331 e. The minimum atomic E-state index is -0.504. The molecule has 164 valence electrons. The van der Waals surface area contributed by atoms with Crippen molar-refractivity contribution in [3.63, 3.8) is 0 Å². The van der Waals surface area contributed by atoms with Gasteiger partial charge in [-0.15, -0.1) is 0 Å². The molecule has 0 aliphatic carbocycles. The number of carbonyl (C=O) groups is 1. The van der Waals surface area contributed by atoms with Crippen molar-refractivity contribution in [1.82, 2.24) is 18.9 Å². The van der Waals surface area contributed by atoms with E-state index in [4.69, 9.17) is 0 Å². The first-order chi connectivity index (χ1) is 15.5. The molecule has 2 heterocycles.